The fourth-order valence-corrected chi connectivity index (χ4v) is 2.19. The van der Waals surface area contributed by atoms with Crippen LogP contribution in [-0.4, -0.2) is 23.5 Å². The summed E-state index contributed by atoms with van der Waals surface area (Å²) in [5.41, 5.74) is -0.235. The molecule has 6 heteroatoms. The third-order valence-electron chi connectivity index (χ3n) is 3.32. The van der Waals surface area contributed by atoms with E-state index in [0.29, 0.717) is 12.0 Å². The molecule has 0 spiro atoms. The van der Waals surface area contributed by atoms with Gasteiger partial charge in [-0.15, -0.1) is 0 Å². The lowest BCUT2D eigenvalue weighted by atomic mass is 9.90. The molecule has 2 N–H and O–H groups in total. The summed E-state index contributed by atoms with van der Waals surface area (Å²) in [5.74, 6) is -1.01. The third kappa shape index (κ3) is 3.64. The molecule has 0 fully saturated rings. The number of rotatable bonds is 5. The van der Waals surface area contributed by atoms with Gasteiger partial charge in [0.15, 0.2) is 5.76 Å². The second-order valence-corrected chi connectivity index (χ2v) is 6.40. The number of amides is 1. The van der Waals surface area contributed by atoms with E-state index in [9.17, 15) is 9.59 Å². The number of halogens is 1. The van der Waals surface area contributed by atoms with Gasteiger partial charge in [-0.2, -0.15) is 0 Å². The number of benzene rings is 1. The molecule has 2 rings (SSSR count). The zero-order valence-electron chi connectivity index (χ0n) is 11.8. The zero-order valence-corrected chi connectivity index (χ0v) is 13.4. The van der Waals surface area contributed by atoms with E-state index in [1.165, 1.54) is 0 Å². The molecule has 2 aromatic rings. The van der Waals surface area contributed by atoms with Gasteiger partial charge in [0.05, 0.1) is 5.41 Å². The number of carboxylic acid groups (broad SMARTS) is 1. The van der Waals surface area contributed by atoms with Crippen LogP contribution < -0.4 is 5.32 Å². The molecule has 112 valence electrons. The third-order valence-corrected chi connectivity index (χ3v) is 3.81. The predicted octanol–water partition coefficient (Wildman–Crippen LogP) is 3.43. The summed E-state index contributed by atoms with van der Waals surface area (Å²) in [6, 6.07) is 7.15. The Kier molecular flexibility index (Phi) is 4.37. The first-order valence-corrected chi connectivity index (χ1v) is 7.29. The lowest BCUT2D eigenvalue weighted by Crippen LogP contribution is -2.31. The highest BCUT2D eigenvalue weighted by molar-refractivity contribution is 9.10. The van der Waals surface area contributed by atoms with Crippen LogP contribution in [-0.2, 0) is 4.79 Å². The number of carbonyl (C=O) groups is 2. The maximum atomic E-state index is 12.0. The van der Waals surface area contributed by atoms with Crippen molar-refractivity contribution < 1.29 is 19.1 Å². The van der Waals surface area contributed by atoms with Gasteiger partial charge in [0.1, 0.15) is 5.58 Å². The van der Waals surface area contributed by atoms with E-state index < -0.39 is 11.4 Å². The number of fused-ring (bicyclic) bond motifs is 1. The summed E-state index contributed by atoms with van der Waals surface area (Å²) < 4.78 is 6.37. The molecule has 1 aromatic carbocycles. The van der Waals surface area contributed by atoms with Crippen LogP contribution in [0.5, 0.6) is 0 Å². The van der Waals surface area contributed by atoms with Gasteiger partial charge in [-0.05, 0) is 44.5 Å². The molecule has 0 unspecified atom stereocenters. The Morgan fingerprint density at radius 3 is 2.71 bits per heavy atom. The molecule has 1 amide bonds. The standard InChI is InChI=1S/C15H16BrNO4/c1-15(2,14(19)20)5-6-17-13(18)12-8-9-7-10(16)3-4-11(9)21-12/h3-4,7-8H,5-6H2,1-2H3,(H,17,18)(H,19,20). The molecule has 21 heavy (non-hydrogen) atoms. The zero-order chi connectivity index (χ0) is 15.6. The Morgan fingerprint density at radius 1 is 1.33 bits per heavy atom. The quantitative estimate of drug-likeness (QED) is 0.862. The van der Waals surface area contributed by atoms with Gasteiger partial charge < -0.3 is 14.8 Å². The normalized spacial score (nSPS) is 11.6. The molecule has 0 saturated carbocycles. The Balaban J connectivity index is 2.01. The molecule has 0 aliphatic rings. The van der Waals surface area contributed by atoms with E-state index in [4.69, 9.17) is 9.52 Å². The molecule has 0 aliphatic carbocycles. The summed E-state index contributed by atoms with van der Waals surface area (Å²) >= 11 is 3.36. The van der Waals surface area contributed by atoms with Crippen LogP contribution in [0.4, 0.5) is 0 Å². The second kappa shape index (κ2) is 5.89. The van der Waals surface area contributed by atoms with Crippen molar-refractivity contribution in [2.45, 2.75) is 20.3 Å². The van der Waals surface area contributed by atoms with Crippen LogP contribution in [0.25, 0.3) is 11.0 Å². The summed E-state index contributed by atoms with van der Waals surface area (Å²) in [5, 5.41) is 12.5. The van der Waals surface area contributed by atoms with Crippen LogP contribution >= 0.6 is 15.9 Å². The predicted molar refractivity (Wildman–Crippen MR) is 82.3 cm³/mol. The molecule has 0 bridgehead atoms. The van der Waals surface area contributed by atoms with Crippen molar-refractivity contribution in [3.8, 4) is 0 Å². The molecular weight excluding hydrogens is 338 g/mol. The van der Waals surface area contributed by atoms with Gasteiger partial charge in [0, 0.05) is 16.4 Å². The Labute approximate surface area is 130 Å². The molecule has 0 atom stereocenters. The van der Waals surface area contributed by atoms with E-state index in [1.807, 2.05) is 12.1 Å². The summed E-state index contributed by atoms with van der Waals surface area (Å²) in [4.78, 5) is 23.0. The fourth-order valence-electron chi connectivity index (χ4n) is 1.81. The second-order valence-electron chi connectivity index (χ2n) is 5.49. The van der Waals surface area contributed by atoms with Crippen molar-refractivity contribution >= 4 is 38.8 Å². The van der Waals surface area contributed by atoms with Crippen LogP contribution in [0, 0.1) is 5.41 Å². The molecular formula is C15H16BrNO4. The minimum Gasteiger partial charge on any atom is -0.481 e. The lowest BCUT2D eigenvalue weighted by Gasteiger charge is -2.18. The first kappa shape index (κ1) is 15.6. The van der Waals surface area contributed by atoms with Crippen molar-refractivity contribution in [2.75, 3.05) is 6.54 Å². The maximum Gasteiger partial charge on any atom is 0.309 e. The average Bonchev–Trinajstić information content (AvgIpc) is 2.81. The number of hydrogen-bond donors (Lipinski definition) is 2. The van der Waals surface area contributed by atoms with Gasteiger partial charge in [-0.3, -0.25) is 9.59 Å². The number of nitrogens with one attached hydrogen (secondary N) is 1. The Bertz CT molecular complexity index is 690. The number of aliphatic carboxylic acids is 1. The highest BCUT2D eigenvalue weighted by Gasteiger charge is 2.26. The van der Waals surface area contributed by atoms with E-state index in [1.54, 1.807) is 26.0 Å². The topological polar surface area (TPSA) is 79.5 Å². The minimum atomic E-state index is -0.884. The maximum absolute atomic E-state index is 12.0. The van der Waals surface area contributed by atoms with E-state index in [2.05, 4.69) is 21.2 Å². The van der Waals surface area contributed by atoms with Crippen molar-refractivity contribution in [3.63, 3.8) is 0 Å². The number of carbonyl (C=O) groups excluding carboxylic acids is 1. The number of furan rings is 1. The molecule has 0 aliphatic heterocycles. The fraction of sp³-hybridized carbons (Fsp3) is 0.333. The van der Waals surface area contributed by atoms with Crippen molar-refractivity contribution in [2.24, 2.45) is 5.41 Å². The van der Waals surface area contributed by atoms with Crippen LogP contribution in [0.15, 0.2) is 33.2 Å². The molecule has 1 heterocycles. The van der Waals surface area contributed by atoms with Crippen molar-refractivity contribution in [3.05, 3.63) is 34.5 Å². The van der Waals surface area contributed by atoms with Crippen molar-refractivity contribution in [1.82, 2.24) is 5.32 Å². The molecule has 1 aromatic heterocycles. The van der Waals surface area contributed by atoms with Crippen molar-refractivity contribution in [1.29, 1.82) is 0 Å². The SMILES string of the molecule is CC(C)(CCNC(=O)c1cc2cc(Br)ccc2o1)C(=O)O. The van der Waals surface area contributed by atoms with Crippen LogP contribution in [0.2, 0.25) is 0 Å². The highest BCUT2D eigenvalue weighted by Crippen LogP contribution is 2.23. The van der Waals surface area contributed by atoms with Gasteiger partial charge >= 0.3 is 5.97 Å². The Morgan fingerprint density at radius 2 is 2.05 bits per heavy atom. The molecule has 0 saturated heterocycles. The monoisotopic (exact) mass is 353 g/mol. The van der Waals surface area contributed by atoms with E-state index in [0.717, 1.165) is 9.86 Å². The van der Waals surface area contributed by atoms with Gasteiger partial charge in [-0.25, -0.2) is 0 Å². The number of hydrogen-bond acceptors (Lipinski definition) is 3. The average molecular weight is 354 g/mol. The van der Waals surface area contributed by atoms with Gasteiger partial charge in [0.2, 0.25) is 0 Å². The van der Waals surface area contributed by atoms with E-state index in [-0.39, 0.29) is 18.2 Å². The molecule has 0 radical (unpaired) electrons. The summed E-state index contributed by atoms with van der Waals surface area (Å²) in [6.07, 6.45) is 0.347. The molecule has 5 nitrogen and oxygen atoms in total. The van der Waals surface area contributed by atoms with Gasteiger partial charge in [0.25, 0.3) is 5.91 Å². The highest BCUT2D eigenvalue weighted by atomic mass is 79.9. The Hall–Kier alpha value is -1.82. The van der Waals surface area contributed by atoms with Crippen LogP contribution in [0.1, 0.15) is 30.8 Å². The van der Waals surface area contributed by atoms with Crippen LogP contribution in [0.3, 0.4) is 0 Å². The van der Waals surface area contributed by atoms with Gasteiger partial charge in [-0.1, -0.05) is 15.9 Å². The first-order chi connectivity index (χ1) is 9.79. The number of carboxylic acids is 1. The smallest absolute Gasteiger partial charge is 0.309 e. The minimum absolute atomic E-state index is 0.219. The lowest BCUT2D eigenvalue weighted by molar-refractivity contribution is -0.147. The largest absolute Gasteiger partial charge is 0.481 e. The first-order valence-electron chi connectivity index (χ1n) is 6.50. The van der Waals surface area contributed by atoms with E-state index >= 15 is 0 Å². The summed E-state index contributed by atoms with van der Waals surface area (Å²) in [7, 11) is 0. The summed E-state index contributed by atoms with van der Waals surface area (Å²) in [6.45, 7) is 3.53.